The van der Waals surface area contributed by atoms with Gasteiger partial charge in [0.15, 0.2) is 0 Å². The number of imidazole rings is 1. The molecule has 2 aliphatic heterocycles. The molecule has 1 aromatic carbocycles. The average Bonchev–Trinajstić information content (AvgIpc) is 3.32. The van der Waals surface area contributed by atoms with Crippen LogP contribution in [0, 0.1) is 6.92 Å². The van der Waals surface area contributed by atoms with E-state index >= 15 is 0 Å². The maximum Gasteiger partial charge on any atom is 0.259 e. The van der Waals surface area contributed by atoms with E-state index < -0.39 is 6.10 Å². The zero-order chi connectivity index (χ0) is 17.8. The van der Waals surface area contributed by atoms with Crippen LogP contribution in [-0.2, 0) is 9.47 Å². The van der Waals surface area contributed by atoms with Crippen molar-refractivity contribution in [3.05, 3.63) is 52.6 Å². The topological polar surface area (TPSA) is 89.4 Å². The van der Waals surface area contributed by atoms with E-state index in [-0.39, 0.29) is 30.4 Å². The standard InChI is InChI=1S/C19H19N3O4/c1-10-2-3-11-7-12(19(24)21-13(11)6-10)18-20-4-5-22(18)14-8-25-17-15(23)9-26-16(14)17/h2-7,14-17,23H,8-9H2,1H3,(H,21,24)/t14-,15+,16+,17+/m0/s1. The maximum absolute atomic E-state index is 12.7. The number of aromatic nitrogens is 3. The number of nitrogens with zero attached hydrogens (tertiary/aromatic N) is 2. The SMILES string of the molecule is Cc1ccc2cc(-c3nccn3[C@H]3CO[C@H]4[C@@H]3OC[C@H]4O)c(=O)[nH]c2c1. The molecule has 2 N–H and O–H groups in total. The van der Waals surface area contributed by atoms with Crippen molar-refractivity contribution in [3.63, 3.8) is 0 Å². The highest BCUT2D eigenvalue weighted by Gasteiger charge is 2.48. The number of aliphatic hydroxyl groups is 1. The van der Waals surface area contributed by atoms with Crippen LogP contribution in [-0.4, -0.2) is 51.2 Å². The van der Waals surface area contributed by atoms with Gasteiger partial charge >= 0.3 is 0 Å². The highest BCUT2D eigenvalue weighted by Crippen LogP contribution is 2.36. The van der Waals surface area contributed by atoms with Crippen molar-refractivity contribution < 1.29 is 14.6 Å². The molecule has 5 rings (SSSR count). The smallest absolute Gasteiger partial charge is 0.259 e. The summed E-state index contributed by atoms with van der Waals surface area (Å²) in [6.45, 7) is 2.68. The number of aromatic amines is 1. The lowest BCUT2D eigenvalue weighted by Gasteiger charge is -2.19. The van der Waals surface area contributed by atoms with Gasteiger partial charge in [-0.25, -0.2) is 4.98 Å². The van der Waals surface area contributed by atoms with Crippen LogP contribution in [0.4, 0.5) is 0 Å². The number of ether oxygens (including phenoxy) is 2. The van der Waals surface area contributed by atoms with E-state index in [4.69, 9.17) is 9.47 Å². The van der Waals surface area contributed by atoms with Crippen LogP contribution < -0.4 is 5.56 Å². The Balaban J connectivity index is 1.60. The maximum atomic E-state index is 12.7. The molecule has 134 valence electrons. The van der Waals surface area contributed by atoms with Gasteiger partial charge in [-0.05, 0) is 30.0 Å². The summed E-state index contributed by atoms with van der Waals surface area (Å²) in [4.78, 5) is 20.0. The lowest BCUT2D eigenvalue weighted by atomic mass is 10.1. The van der Waals surface area contributed by atoms with Crippen molar-refractivity contribution in [1.82, 2.24) is 14.5 Å². The molecule has 0 radical (unpaired) electrons. The largest absolute Gasteiger partial charge is 0.388 e. The van der Waals surface area contributed by atoms with E-state index in [1.165, 1.54) is 0 Å². The second kappa shape index (κ2) is 5.77. The Bertz CT molecular complexity index is 1040. The first-order valence-electron chi connectivity index (χ1n) is 8.70. The molecule has 2 saturated heterocycles. The van der Waals surface area contributed by atoms with Crippen molar-refractivity contribution in [2.24, 2.45) is 0 Å². The van der Waals surface area contributed by atoms with Crippen molar-refractivity contribution in [3.8, 4) is 11.4 Å². The van der Waals surface area contributed by atoms with Crippen LogP contribution in [0.2, 0.25) is 0 Å². The molecule has 4 atom stereocenters. The summed E-state index contributed by atoms with van der Waals surface area (Å²) in [5, 5.41) is 10.9. The monoisotopic (exact) mass is 353 g/mol. The van der Waals surface area contributed by atoms with Crippen LogP contribution in [0.3, 0.4) is 0 Å². The number of fused-ring (bicyclic) bond motifs is 2. The summed E-state index contributed by atoms with van der Waals surface area (Å²) < 4.78 is 13.4. The van der Waals surface area contributed by atoms with Gasteiger partial charge in [0, 0.05) is 17.9 Å². The predicted molar refractivity (Wildman–Crippen MR) is 95.1 cm³/mol. The molecular weight excluding hydrogens is 334 g/mol. The van der Waals surface area contributed by atoms with Crippen LogP contribution >= 0.6 is 0 Å². The Morgan fingerprint density at radius 2 is 2.08 bits per heavy atom. The van der Waals surface area contributed by atoms with E-state index in [0.29, 0.717) is 18.0 Å². The molecule has 3 aromatic rings. The normalized spacial score (nSPS) is 27.9. The number of hydrogen-bond acceptors (Lipinski definition) is 5. The fraction of sp³-hybridized carbons (Fsp3) is 0.368. The highest BCUT2D eigenvalue weighted by molar-refractivity contribution is 5.83. The van der Waals surface area contributed by atoms with Crippen molar-refractivity contribution >= 4 is 10.9 Å². The molecule has 26 heavy (non-hydrogen) atoms. The lowest BCUT2D eigenvalue weighted by molar-refractivity contribution is 0.0172. The summed E-state index contributed by atoms with van der Waals surface area (Å²) in [6, 6.07) is 7.70. The number of pyridine rings is 1. The Morgan fingerprint density at radius 3 is 2.96 bits per heavy atom. The van der Waals surface area contributed by atoms with Gasteiger partial charge in [-0.3, -0.25) is 4.79 Å². The molecule has 0 aliphatic carbocycles. The number of benzene rings is 1. The first-order chi connectivity index (χ1) is 12.6. The zero-order valence-electron chi connectivity index (χ0n) is 14.3. The minimum atomic E-state index is -0.607. The molecule has 2 aliphatic rings. The molecule has 2 fully saturated rings. The van der Waals surface area contributed by atoms with Crippen LogP contribution in [0.15, 0.2) is 41.5 Å². The fourth-order valence-corrected chi connectivity index (χ4v) is 3.97. The fourth-order valence-electron chi connectivity index (χ4n) is 3.97. The summed E-state index contributed by atoms with van der Waals surface area (Å²) >= 11 is 0. The number of aliphatic hydroxyl groups excluding tert-OH is 1. The van der Waals surface area contributed by atoms with Crippen LogP contribution in [0.25, 0.3) is 22.3 Å². The Labute approximate surface area is 149 Å². The van der Waals surface area contributed by atoms with Crippen molar-refractivity contribution in [2.45, 2.75) is 31.3 Å². The average molecular weight is 353 g/mol. The van der Waals surface area contributed by atoms with Crippen molar-refractivity contribution in [2.75, 3.05) is 13.2 Å². The number of nitrogens with one attached hydrogen (secondary N) is 1. The van der Waals surface area contributed by atoms with E-state index in [0.717, 1.165) is 16.5 Å². The number of rotatable bonds is 2. The van der Waals surface area contributed by atoms with E-state index in [1.807, 2.05) is 42.0 Å². The number of H-pyrrole nitrogens is 1. The van der Waals surface area contributed by atoms with Gasteiger partial charge in [0.1, 0.15) is 24.1 Å². The van der Waals surface area contributed by atoms with Gasteiger partial charge in [0.05, 0.1) is 24.8 Å². The van der Waals surface area contributed by atoms with Crippen LogP contribution in [0.1, 0.15) is 11.6 Å². The number of aryl methyl sites for hydroxylation is 1. The summed E-state index contributed by atoms with van der Waals surface area (Å²) in [7, 11) is 0. The van der Waals surface area contributed by atoms with Crippen LogP contribution in [0.5, 0.6) is 0 Å². The van der Waals surface area contributed by atoms with Gasteiger partial charge in [-0.1, -0.05) is 12.1 Å². The molecule has 0 amide bonds. The minimum Gasteiger partial charge on any atom is -0.388 e. The second-order valence-corrected chi connectivity index (χ2v) is 6.99. The zero-order valence-corrected chi connectivity index (χ0v) is 14.3. The molecule has 0 unspecified atom stereocenters. The lowest BCUT2D eigenvalue weighted by Crippen LogP contribution is -2.30. The molecular formula is C19H19N3O4. The van der Waals surface area contributed by atoms with E-state index in [2.05, 4.69) is 9.97 Å². The quantitative estimate of drug-likeness (QED) is 0.727. The third-order valence-electron chi connectivity index (χ3n) is 5.27. The van der Waals surface area contributed by atoms with E-state index in [1.54, 1.807) is 6.20 Å². The van der Waals surface area contributed by atoms with Gasteiger partial charge in [0.25, 0.3) is 5.56 Å². The molecule has 2 aromatic heterocycles. The molecule has 0 saturated carbocycles. The predicted octanol–water partition coefficient (Wildman–Crippen LogP) is 1.40. The molecule has 4 heterocycles. The summed E-state index contributed by atoms with van der Waals surface area (Å²) in [5.41, 5.74) is 2.23. The Hall–Kier alpha value is -2.48. The molecule has 7 nitrogen and oxygen atoms in total. The van der Waals surface area contributed by atoms with Crippen molar-refractivity contribution in [1.29, 1.82) is 0 Å². The molecule has 0 bridgehead atoms. The van der Waals surface area contributed by atoms with Gasteiger partial charge in [-0.2, -0.15) is 0 Å². The van der Waals surface area contributed by atoms with Gasteiger partial charge in [-0.15, -0.1) is 0 Å². The second-order valence-electron chi connectivity index (χ2n) is 6.99. The van der Waals surface area contributed by atoms with Gasteiger partial charge < -0.3 is 24.1 Å². The minimum absolute atomic E-state index is 0.122. The summed E-state index contributed by atoms with van der Waals surface area (Å²) in [6.07, 6.45) is 2.34. The Kier molecular flexibility index (Phi) is 3.49. The van der Waals surface area contributed by atoms with Gasteiger partial charge in [0.2, 0.25) is 0 Å². The Morgan fingerprint density at radius 1 is 1.23 bits per heavy atom. The van der Waals surface area contributed by atoms with E-state index in [9.17, 15) is 9.90 Å². The third kappa shape index (κ3) is 2.32. The molecule has 0 spiro atoms. The highest BCUT2D eigenvalue weighted by atomic mass is 16.6. The first-order valence-corrected chi connectivity index (χ1v) is 8.70. The third-order valence-corrected chi connectivity index (χ3v) is 5.27. The number of hydrogen-bond donors (Lipinski definition) is 2. The molecule has 7 heteroatoms. The summed E-state index contributed by atoms with van der Waals surface area (Å²) in [5.74, 6) is 0.577. The first kappa shape index (κ1) is 15.7.